The zero-order valence-electron chi connectivity index (χ0n) is 12.8. The smallest absolute Gasteiger partial charge is 0.0419 e. The van der Waals surface area contributed by atoms with E-state index in [0.717, 1.165) is 6.42 Å². The van der Waals surface area contributed by atoms with Crippen molar-refractivity contribution in [2.24, 2.45) is 0 Å². The molecule has 110 valence electrons. The Bertz CT molecular complexity index is 544. The molecule has 0 radical (unpaired) electrons. The Balaban J connectivity index is 1.92. The summed E-state index contributed by atoms with van der Waals surface area (Å²) < 4.78 is 0. The minimum Gasteiger partial charge on any atom is -0.316 e. The Morgan fingerprint density at radius 1 is 1.05 bits per heavy atom. The summed E-state index contributed by atoms with van der Waals surface area (Å²) in [6, 6.07) is 17.7. The van der Waals surface area contributed by atoms with Crippen LogP contribution in [0.1, 0.15) is 36.9 Å². The molecule has 1 heterocycles. The number of aromatic nitrogens is 1. The number of likely N-dealkylation sites (N-methyl/N-ethyl adjacent to an activating group) is 1. The van der Waals surface area contributed by atoms with Gasteiger partial charge in [-0.15, -0.1) is 0 Å². The van der Waals surface area contributed by atoms with Gasteiger partial charge in [-0.1, -0.05) is 49.2 Å². The van der Waals surface area contributed by atoms with Crippen LogP contribution in [0.2, 0.25) is 0 Å². The third kappa shape index (κ3) is 2.86. The fraction of sp³-hybridized carbons (Fsp3) is 0.421. The van der Waals surface area contributed by atoms with Gasteiger partial charge in [-0.3, -0.25) is 4.98 Å². The van der Waals surface area contributed by atoms with E-state index in [2.05, 4.69) is 59.8 Å². The Hall–Kier alpha value is -1.67. The maximum Gasteiger partial charge on any atom is 0.0419 e. The lowest BCUT2D eigenvalue weighted by atomic mass is 9.71. The number of nitrogens with zero attached hydrogens (tertiary/aromatic N) is 1. The molecule has 1 saturated carbocycles. The highest BCUT2D eigenvalue weighted by Crippen LogP contribution is 2.44. The summed E-state index contributed by atoms with van der Waals surface area (Å²) in [7, 11) is 2.09. The number of hydrogen-bond acceptors (Lipinski definition) is 2. The predicted octanol–water partition coefficient (Wildman–Crippen LogP) is 3.72. The average Bonchev–Trinajstić information content (AvgIpc) is 3.05. The van der Waals surface area contributed by atoms with Crippen molar-refractivity contribution in [3.8, 4) is 0 Å². The summed E-state index contributed by atoms with van der Waals surface area (Å²) in [5.74, 6) is 0. The summed E-state index contributed by atoms with van der Waals surface area (Å²) in [5, 5.41) is 3.59. The molecule has 1 aromatic carbocycles. The maximum atomic E-state index is 4.52. The minimum atomic E-state index is 0.257. The molecule has 0 amide bonds. The molecule has 1 fully saturated rings. The fourth-order valence-electron chi connectivity index (χ4n) is 3.92. The highest BCUT2D eigenvalue weighted by Gasteiger charge is 2.42. The molecule has 1 unspecified atom stereocenters. The van der Waals surface area contributed by atoms with Crippen LogP contribution in [0.15, 0.2) is 54.7 Å². The van der Waals surface area contributed by atoms with Gasteiger partial charge in [-0.2, -0.15) is 0 Å². The molecule has 1 atom stereocenters. The molecule has 0 spiro atoms. The normalized spacial score (nSPS) is 18.5. The molecule has 1 N–H and O–H groups in total. The quantitative estimate of drug-likeness (QED) is 0.903. The standard InChI is InChI=1S/C19H24N2/c1-20-18(15-17-11-5-8-14-21-17)19(12-6-7-13-19)16-9-3-2-4-10-16/h2-5,8-11,14,18,20H,6-7,12-13,15H2,1H3. The summed E-state index contributed by atoms with van der Waals surface area (Å²) in [6.45, 7) is 0. The Morgan fingerprint density at radius 3 is 2.38 bits per heavy atom. The maximum absolute atomic E-state index is 4.52. The van der Waals surface area contributed by atoms with E-state index in [4.69, 9.17) is 0 Å². The monoisotopic (exact) mass is 280 g/mol. The second kappa shape index (κ2) is 6.40. The molecule has 1 aliphatic rings. The summed E-state index contributed by atoms with van der Waals surface area (Å²) in [6.07, 6.45) is 8.09. The van der Waals surface area contributed by atoms with Gasteiger partial charge in [0.15, 0.2) is 0 Å². The van der Waals surface area contributed by atoms with E-state index in [1.165, 1.54) is 36.9 Å². The Kier molecular flexibility index (Phi) is 4.35. The van der Waals surface area contributed by atoms with E-state index in [9.17, 15) is 0 Å². The Morgan fingerprint density at radius 2 is 1.76 bits per heavy atom. The molecule has 0 aliphatic heterocycles. The summed E-state index contributed by atoms with van der Waals surface area (Å²) >= 11 is 0. The van der Waals surface area contributed by atoms with Crippen LogP contribution in [-0.2, 0) is 11.8 Å². The SMILES string of the molecule is CNC(Cc1ccccn1)C1(c2ccccc2)CCCC1. The summed E-state index contributed by atoms with van der Waals surface area (Å²) in [5.41, 5.74) is 2.92. The third-order valence-corrected chi connectivity index (χ3v) is 5.00. The lowest BCUT2D eigenvalue weighted by molar-refractivity contribution is 0.306. The molecule has 2 heteroatoms. The molecule has 0 bridgehead atoms. The van der Waals surface area contributed by atoms with Gasteiger partial charge < -0.3 is 5.32 Å². The van der Waals surface area contributed by atoms with Gasteiger partial charge in [0.25, 0.3) is 0 Å². The number of nitrogens with one attached hydrogen (secondary N) is 1. The van der Waals surface area contributed by atoms with Gasteiger partial charge >= 0.3 is 0 Å². The van der Waals surface area contributed by atoms with Crippen LogP contribution in [0.5, 0.6) is 0 Å². The van der Waals surface area contributed by atoms with Gasteiger partial charge in [-0.25, -0.2) is 0 Å². The largest absolute Gasteiger partial charge is 0.316 e. The van der Waals surface area contributed by atoms with Crippen LogP contribution in [-0.4, -0.2) is 18.1 Å². The van der Waals surface area contributed by atoms with Crippen molar-refractivity contribution >= 4 is 0 Å². The molecule has 1 aromatic heterocycles. The van der Waals surface area contributed by atoms with Gasteiger partial charge in [0.05, 0.1) is 0 Å². The molecule has 0 saturated heterocycles. The Labute approximate surface area is 127 Å². The number of hydrogen-bond donors (Lipinski definition) is 1. The highest BCUT2D eigenvalue weighted by atomic mass is 14.9. The van der Waals surface area contributed by atoms with E-state index in [0.29, 0.717) is 6.04 Å². The van der Waals surface area contributed by atoms with Gasteiger partial charge in [0, 0.05) is 29.8 Å². The second-order valence-corrected chi connectivity index (χ2v) is 6.10. The van der Waals surface area contributed by atoms with Gasteiger partial charge in [0.2, 0.25) is 0 Å². The summed E-state index contributed by atoms with van der Waals surface area (Å²) in [4.78, 5) is 4.52. The second-order valence-electron chi connectivity index (χ2n) is 6.10. The fourth-order valence-corrected chi connectivity index (χ4v) is 3.92. The first-order valence-corrected chi connectivity index (χ1v) is 7.98. The first kappa shape index (κ1) is 14.3. The van der Waals surface area contributed by atoms with Crippen LogP contribution in [0.25, 0.3) is 0 Å². The molecule has 2 aromatic rings. The molecule has 3 rings (SSSR count). The first-order valence-electron chi connectivity index (χ1n) is 7.98. The third-order valence-electron chi connectivity index (χ3n) is 5.00. The highest BCUT2D eigenvalue weighted by molar-refractivity contribution is 5.30. The molecular formula is C19H24N2. The van der Waals surface area contributed by atoms with Crippen LogP contribution in [0, 0.1) is 0 Å². The van der Waals surface area contributed by atoms with E-state index < -0.39 is 0 Å². The lowest BCUT2D eigenvalue weighted by Gasteiger charge is -2.38. The molecule has 2 nitrogen and oxygen atoms in total. The molecule has 21 heavy (non-hydrogen) atoms. The van der Waals surface area contributed by atoms with Crippen molar-refractivity contribution in [2.75, 3.05) is 7.05 Å². The molecule has 1 aliphatic carbocycles. The topological polar surface area (TPSA) is 24.9 Å². The zero-order chi connectivity index (χ0) is 14.5. The lowest BCUT2D eigenvalue weighted by Crippen LogP contribution is -2.47. The van der Waals surface area contributed by atoms with Gasteiger partial charge in [0.1, 0.15) is 0 Å². The van der Waals surface area contributed by atoms with Crippen molar-refractivity contribution in [2.45, 2.75) is 43.6 Å². The van der Waals surface area contributed by atoms with Crippen molar-refractivity contribution in [1.82, 2.24) is 10.3 Å². The van der Waals surface area contributed by atoms with Crippen LogP contribution < -0.4 is 5.32 Å². The van der Waals surface area contributed by atoms with Crippen molar-refractivity contribution in [1.29, 1.82) is 0 Å². The number of pyridine rings is 1. The van der Waals surface area contributed by atoms with Crippen molar-refractivity contribution in [3.63, 3.8) is 0 Å². The van der Waals surface area contributed by atoms with Crippen LogP contribution >= 0.6 is 0 Å². The first-order chi connectivity index (χ1) is 10.3. The molecular weight excluding hydrogens is 256 g/mol. The van der Waals surface area contributed by atoms with E-state index in [1.54, 1.807) is 0 Å². The number of rotatable bonds is 5. The van der Waals surface area contributed by atoms with E-state index >= 15 is 0 Å². The predicted molar refractivity (Wildman–Crippen MR) is 87.4 cm³/mol. The van der Waals surface area contributed by atoms with Crippen molar-refractivity contribution < 1.29 is 0 Å². The van der Waals surface area contributed by atoms with E-state index in [1.807, 2.05) is 12.3 Å². The van der Waals surface area contributed by atoms with Crippen LogP contribution in [0.3, 0.4) is 0 Å². The van der Waals surface area contributed by atoms with E-state index in [-0.39, 0.29) is 5.41 Å². The van der Waals surface area contributed by atoms with Crippen molar-refractivity contribution in [3.05, 3.63) is 66.0 Å². The zero-order valence-corrected chi connectivity index (χ0v) is 12.8. The van der Waals surface area contributed by atoms with Gasteiger partial charge in [-0.05, 0) is 37.6 Å². The minimum absolute atomic E-state index is 0.257. The van der Waals surface area contributed by atoms with Crippen LogP contribution in [0.4, 0.5) is 0 Å². The number of benzene rings is 1. The average molecular weight is 280 g/mol.